The topological polar surface area (TPSA) is 67.3 Å². The van der Waals surface area contributed by atoms with Gasteiger partial charge in [-0.2, -0.15) is 11.3 Å². The molecule has 0 saturated carbocycles. The second kappa shape index (κ2) is 9.92. The van der Waals surface area contributed by atoms with Crippen LogP contribution < -0.4 is 16.8 Å². The Morgan fingerprint density at radius 2 is 1.82 bits per heavy atom. The van der Waals surface area contributed by atoms with Crippen molar-refractivity contribution < 1.29 is 0 Å². The van der Waals surface area contributed by atoms with Gasteiger partial charge in [0.2, 0.25) is 0 Å². The van der Waals surface area contributed by atoms with Gasteiger partial charge in [-0.05, 0) is 54.2 Å². The molecule has 0 unspecified atom stereocenters. The largest absolute Gasteiger partial charge is 0.399 e. The van der Waals surface area contributed by atoms with Crippen LogP contribution in [-0.4, -0.2) is 32.1 Å². The maximum absolute atomic E-state index is 6.07. The third-order valence-electron chi connectivity index (χ3n) is 3.16. The highest BCUT2D eigenvalue weighted by molar-refractivity contribution is 7.08. The number of hydrogen-bond donors (Lipinski definition) is 3. The SMILES string of the molecule is CN(C)CCNCc1cscc1-c1cc(N)ccc1N.Cl.Cl. The highest BCUT2D eigenvalue weighted by Crippen LogP contribution is 2.33. The van der Waals surface area contributed by atoms with Gasteiger partial charge in [-0.15, -0.1) is 24.8 Å². The van der Waals surface area contributed by atoms with E-state index >= 15 is 0 Å². The van der Waals surface area contributed by atoms with Crippen LogP contribution in [0.2, 0.25) is 0 Å². The van der Waals surface area contributed by atoms with Crippen LogP contribution in [0, 0.1) is 0 Å². The van der Waals surface area contributed by atoms with E-state index in [1.165, 1.54) is 11.1 Å². The van der Waals surface area contributed by atoms with Gasteiger partial charge < -0.3 is 21.7 Å². The molecule has 0 fully saturated rings. The van der Waals surface area contributed by atoms with Gasteiger partial charge in [0.05, 0.1) is 0 Å². The number of nitrogens with zero attached hydrogens (tertiary/aromatic N) is 1. The molecule has 2 rings (SSSR count). The van der Waals surface area contributed by atoms with E-state index in [2.05, 4.69) is 35.1 Å². The number of nitrogen functional groups attached to an aromatic ring is 2. The van der Waals surface area contributed by atoms with E-state index in [1.54, 1.807) is 11.3 Å². The van der Waals surface area contributed by atoms with Crippen LogP contribution in [0.15, 0.2) is 29.0 Å². The minimum Gasteiger partial charge on any atom is -0.399 e. The molecule has 1 aromatic heterocycles. The number of nitrogens with two attached hydrogens (primary N) is 2. The summed E-state index contributed by atoms with van der Waals surface area (Å²) in [5, 5.41) is 7.76. The number of rotatable bonds is 6. The molecule has 22 heavy (non-hydrogen) atoms. The zero-order valence-corrected chi connectivity index (χ0v) is 15.3. The summed E-state index contributed by atoms with van der Waals surface area (Å²) in [7, 11) is 4.15. The third-order valence-corrected chi connectivity index (χ3v) is 3.95. The Morgan fingerprint density at radius 1 is 1.09 bits per heavy atom. The van der Waals surface area contributed by atoms with Crippen molar-refractivity contribution in [1.29, 1.82) is 0 Å². The molecule has 0 amide bonds. The average Bonchev–Trinajstić information content (AvgIpc) is 2.85. The highest BCUT2D eigenvalue weighted by Gasteiger charge is 2.09. The van der Waals surface area contributed by atoms with Crippen molar-refractivity contribution in [2.75, 3.05) is 38.7 Å². The molecule has 5 N–H and O–H groups in total. The van der Waals surface area contributed by atoms with Crippen molar-refractivity contribution >= 4 is 47.5 Å². The highest BCUT2D eigenvalue weighted by atomic mass is 35.5. The lowest BCUT2D eigenvalue weighted by molar-refractivity contribution is 0.400. The van der Waals surface area contributed by atoms with E-state index in [0.717, 1.165) is 36.6 Å². The van der Waals surface area contributed by atoms with Crippen molar-refractivity contribution in [1.82, 2.24) is 10.2 Å². The summed E-state index contributed by atoms with van der Waals surface area (Å²) >= 11 is 1.69. The maximum Gasteiger partial charge on any atom is 0.0395 e. The number of halogens is 2. The van der Waals surface area contributed by atoms with Gasteiger partial charge in [-0.3, -0.25) is 0 Å². The van der Waals surface area contributed by atoms with Crippen molar-refractivity contribution in [2.24, 2.45) is 0 Å². The fourth-order valence-electron chi connectivity index (χ4n) is 2.03. The standard InChI is InChI=1S/C15H22N4S.2ClH/c1-19(2)6-5-18-8-11-9-20-10-14(11)13-7-12(16)3-4-15(13)17;;/h3-4,7,9-10,18H,5-6,8,16-17H2,1-2H3;2*1H. The summed E-state index contributed by atoms with van der Waals surface area (Å²) in [5.74, 6) is 0. The molecule has 0 bridgehead atoms. The average molecular weight is 363 g/mol. The van der Waals surface area contributed by atoms with Gasteiger partial charge >= 0.3 is 0 Å². The van der Waals surface area contributed by atoms with Crippen LogP contribution in [0.4, 0.5) is 11.4 Å². The molecule has 0 aliphatic carbocycles. The Labute approximate surface area is 148 Å². The van der Waals surface area contributed by atoms with E-state index in [9.17, 15) is 0 Å². The first kappa shape index (κ1) is 21.0. The monoisotopic (exact) mass is 362 g/mol. The Kier molecular flexibility index (Phi) is 9.48. The summed E-state index contributed by atoms with van der Waals surface area (Å²) in [6, 6.07) is 5.65. The normalized spacial score (nSPS) is 10.1. The number of anilines is 2. The quantitative estimate of drug-likeness (QED) is 0.545. The first-order valence-corrected chi connectivity index (χ1v) is 7.58. The first-order valence-electron chi connectivity index (χ1n) is 6.64. The van der Waals surface area contributed by atoms with Crippen molar-refractivity contribution in [3.63, 3.8) is 0 Å². The summed E-state index contributed by atoms with van der Waals surface area (Å²) in [6.45, 7) is 2.84. The second-order valence-electron chi connectivity index (χ2n) is 5.14. The molecule has 2 aromatic rings. The summed E-state index contributed by atoms with van der Waals surface area (Å²) in [6.07, 6.45) is 0. The zero-order valence-electron chi connectivity index (χ0n) is 12.8. The minimum absolute atomic E-state index is 0. The molecule has 4 nitrogen and oxygen atoms in total. The van der Waals surface area contributed by atoms with Gasteiger partial charge in [-0.1, -0.05) is 0 Å². The van der Waals surface area contributed by atoms with Crippen molar-refractivity contribution in [3.05, 3.63) is 34.5 Å². The van der Waals surface area contributed by atoms with Gasteiger partial charge in [0.25, 0.3) is 0 Å². The van der Waals surface area contributed by atoms with Crippen LogP contribution in [0.3, 0.4) is 0 Å². The molecule has 1 heterocycles. The number of thiophene rings is 1. The molecule has 1 aromatic carbocycles. The lowest BCUT2D eigenvalue weighted by Crippen LogP contribution is -2.26. The molecule has 0 aliphatic heterocycles. The molecular formula is C15H24Cl2N4S. The first-order chi connectivity index (χ1) is 9.58. The van der Waals surface area contributed by atoms with E-state index < -0.39 is 0 Å². The fraction of sp³-hybridized carbons (Fsp3) is 0.333. The van der Waals surface area contributed by atoms with E-state index in [1.807, 2.05) is 18.2 Å². The molecule has 0 atom stereocenters. The predicted molar refractivity (Wildman–Crippen MR) is 103 cm³/mol. The van der Waals surface area contributed by atoms with Gasteiger partial charge in [0.1, 0.15) is 0 Å². The summed E-state index contributed by atoms with van der Waals surface area (Å²) in [5.41, 5.74) is 16.9. The lowest BCUT2D eigenvalue weighted by Gasteiger charge is -2.12. The molecule has 0 spiro atoms. The van der Waals surface area contributed by atoms with Gasteiger partial charge in [0.15, 0.2) is 0 Å². The number of likely N-dealkylation sites (N-methyl/N-ethyl adjacent to an activating group) is 1. The molecule has 7 heteroatoms. The van der Waals surface area contributed by atoms with Crippen LogP contribution in [0.5, 0.6) is 0 Å². The Bertz CT molecular complexity index is 572. The molecule has 0 saturated heterocycles. The second-order valence-corrected chi connectivity index (χ2v) is 5.88. The van der Waals surface area contributed by atoms with Crippen LogP contribution >= 0.6 is 36.2 Å². The molecule has 124 valence electrons. The number of hydrogen-bond acceptors (Lipinski definition) is 5. The van der Waals surface area contributed by atoms with E-state index in [4.69, 9.17) is 11.5 Å². The maximum atomic E-state index is 6.07. The van der Waals surface area contributed by atoms with E-state index in [-0.39, 0.29) is 24.8 Å². The van der Waals surface area contributed by atoms with Crippen LogP contribution in [-0.2, 0) is 6.54 Å². The van der Waals surface area contributed by atoms with Gasteiger partial charge in [-0.25, -0.2) is 0 Å². The molecule has 0 aliphatic rings. The van der Waals surface area contributed by atoms with Gasteiger partial charge in [0, 0.05) is 36.6 Å². The number of benzene rings is 1. The Morgan fingerprint density at radius 3 is 2.50 bits per heavy atom. The van der Waals surface area contributed by atoms with E-state index in [0.29, 0.717) is 0 Å². The third kappa shape index (κ3) is 5.66. The fourth-order valence-corrected chi connectivity index (χ4v) is 2.89. The zero-order chi connectivity index (χ0) is 14.5. The molecular weight excluding hydrogens is 339 g/mol. The van der Waals surface area contributed by atoms with Crippen molar-refractivity contribution in [2.45, 2.75) is 6.54 Å². The lowest BCUT2D eigenvalue weighted by atomic mass is 10.0. The van der Waals surface area contributed by atoms with Crippen LogP contribution in [0.25, 0.3) is 11.1 Å². The summed E-state index contributed by atoms with van der Waals surface area (Å²) < 4.78 is 0. The Balaban J connectivity index is 0.00000220. The summed E-state index contributed by atoms with van der Waals surface area (Å²) in [4.78, 5) is 2.16. The smallest absolute Gasteiger partial charge is 0.0395 e. The molecule has 0 radical (unpaired) electrons. The number of nitrogens with one attached hydrogen (secondary N) is 1. The van der Waals surface area contributed by atoms with Crippen molar-refractivity contribution in [3.8, 4) is 11.1 Å². The Hall–Kier alpha value is -0.980. The van der Waals surface area contributed by atoms with Crippen LogP contribution in [0.1, 0.15) is 5.56 Å². The minimum atomic E-state index is 0. The predicted octanol–water partition coefficient (Wildman–Crippen LogP) is 3.07.